The van der Waals surface area contributed by atoms with Crippen LogP contribution in [0.5, 0.6) is 5.75 Å². The van der Waals surface area contributed by atoms with Crippen LogP contribution in [0.2, 0.25) is 0 Å². The number of nitro groups is 1. The molecule has 0 spiro atoms. The van der Waals surface area contributed by atoms with E-state index in [2.05, 4.69) is 4.52 Å². The van der Waals surface area contributed by atoms with E-state index in [0.29, 0.717) is 0 Å². The first-order valence-electron chi connectivity index (χ1n) is 3.92. The number of rotatable bonds is 4. The lowest BCUT2D eigenvalue weighted by molar-refractivity contribution is -0.384. The molecular weight excluding hydrogens is 261 g/mol. The predicted octanol–water partition coefficient (Wildman–Crippen LogP) is 1.81. The number of alkyl halides is 1. The minimum absolute atomic E-state index is 0.138. The summed E-state index contributed by atoms with van der Waals surface area (Å²) in [6.45, 7) is 0. The maximum absolute atomic E-state index is 10.6. The van der Waals surface area contributed by atoms with Crippen molar-refractivity contribution in [2.75, 3.05) is 0 Å². The van der Waals surface area contributed by atoms with Gasteiger partial charge < -0.3 is 4.52 Å². The van der Waals surface area contributed by atoms with Crippen molar-refractivity contribution in [3.63, 3.8) is 0 Å². The highest BCUT2D eigenvalue weighted by molar-refractivity contribution is 7.46. The van der Waals surface area contributed by atoms with Gasteiger partial charge in [0.25, 0.3) is 5.69 Å². The lowest BCUT2D eigenvalue weighted by Gasteiger charge is -2.09. The smallest absolute Gasteiger partial charge is 0.404 e. The van der Waals surface area contributed by atoms with Crippen molar-refractivity contribution >= 4 is 25.1 Å². The van der Waals surface area contributed by atoms with E-state index in [-0.39, 0.29) is 22.9 Å². The van der Waals surface area contributed by atoms with Gasteiger partial charge in [-0.05, 0) is 6.07 Å². The van der Waals surface area contributed by atoms with Crippen LogP contribution in [-0.4, -0.2) is 14.7 Å². The molecule has 9 heteroatoms. The lowest BCUT2D eigenvalue weighted by atomic mass is 10.2. The molecule has 0 saturated heterocycles. The first-order valence-corrected chi connectivity index (χ1v) is 5.98. The average Bonchev–Trinajstić information content (AvgIpc) is 2.15. The first kappa shape index (κ1) is 12.9. The van der Waals surface area contributed by atoms with Crippen LogP contribution in [0.4, 0.5) is 5.69 Å². The molecule has 0 aliphatic rings. The zero-order valence-corrected chi connectivity index (χ0v) is 9.39. The summed E-state index contributed by atoms with van der Waals surface area (Å²) in [7, 11) is -4.70. The average molecular weight is 268 g/mol. The van der Waals surface area contributed by atoms with E-state index in [1.165, 1.54) is 0 Å². The number of hydrogen-bond donors (Lipinski definition) is 2. The maximum Gasteiger partial charge on any atom is 0.524 e. The van der Waals surface area contributed by atoms with Gasteiger partial charge in [0.15, 0.2) is 0 Å². The molecule has 0 bridgehead atoms. The monoisotopic (exact) mass is 267 g/mol. The maximum atomic E-state index is 10.6. The molecule has 1 rings (SSSR count). The van der Waals surface area contributed by atoms with Crippen molar-refractivity contribution in [1.29, 1.82) is 0 Å². The van der Waals surface area contributed by atoms with E-state index in [1.807, 2.05) is 0 Å². The summed E-state index contributed by atoms with van der Waals surface area (Å²) in [5, 5.41) is 10.4. The van der Waals surface area contributed by atoms with E-state index in [9.17, 15) is 14.7 Å². The van der Waals surface area contributed by atoms with Crippen LogP contribution >= 0.6 is 19.4 Å². The van der Waals surface area contributed by atoms with Gasteiger partial charge in [0, 0.05) is 17.7 Å². The van der Waals surface area contributed by atoms with Gasteiger partial charge in [-0.15, -0.1) is 11.6 Å². The van der Waals surface area contributed by atoms with Crippen molar-refractivity contribution < 1.29 is 23.8 Å². The lowest BCUT2D eigenvalue weighted by Crippen LogP contribution is -1.96. The molecule has 0 fully saturated rings. The van der Waals surface area contributed by atoms with Crippen molar-refractivity contribution in [2.24, 2.45) is 0 Å². The number of non-ortho nitro benzene ring substituents is 1. The Bertz CT molecular complexity index is 458. The molecule has 0 saturated carbocycles. The van der Waals surface area contributed by atoms with Crippen molar-refractivity contribution in [2.45, 2.75) is 5.88 Å². The largest absolute Gasteiger partial charge is 0.524 e. The third-order valence-electron chi connectivity index (χ3n) is 1.62. The van der Waals surface area contributed by atoms with Gasteiger partial charge in [0.1, 0.15) is 5.75 Å². The molecule has 2 N–H and O–H groups in total. The normalized spacial score (nSPS) is 11.2. The summed E-state index contributed by atoms with van der Waals surface area (Å²) in [6.07, 6.45) is 0. The summed E-state index contributed by atoms with van der Waals surface area (Å²) >= 11 is 5.48. The van der Waals surface area contributed by atoms with E-state index < -0.39 is 12.7 Å². The number of phosphoric ester groups is 1. The van der Waals surface area contributed by atoms with Gasteiger partial charge in [-0.2, -0.15) is 0 Å². The van der Waals surface area contributed by atoms with Crippen LogP contribution in [-0.2, 0) is 10.4 Å². The summed E-state index contributed by atoms with van der Waals surface area (Å²) < 4.78 is 14.9. The second-order valence-corrected chi connectivity index (χ2v) is 4.20. The minimum Gasteiger partial charge on any atom is -0.404 e. The number of hydrogen-bond acceptors (Lipinski definition) is 4. The molecule has 0 aliphatic carbocycles. The molecule has 1 aromatic carbocycles. The van der Waals surface area contributed by atoms with Gasteiger partial charge in [-0.1, -0.05) is 0 Å². The van der Waals surface area contributed by atoms with Gasteiger partial charge in [-0.3, -0.25) is 19.9 Å². The molecule has 0 aliphatic heterocycles. The van der Waals surface area contributed by atoms with Crippen LogP contribution in [0.1, 0.15) is 5.56 Å². The topological polar surface area (TPSA) is 110 Å². The highest BCUT2D eigenvalue weighted by Crippen LogP contribution is 2.40. The fourth-order valence-electron chi connectivity index (χ4n) is 1.00. The van der Waals surface area contributed by atoms with Gasteiger partial charge in [0.05, 0.1) is 10.8 Å². The van der Waals surface area contributed by atoms with E-state index in [0.717, 1.165) is 18.2 Å². The Morgan fingerprint density at radius 3 is 2.56 bits per heavy atom. The van der Waals surface area contributed by atoms with Crippen molar-refractivity contribution in [3.05, 3.63) is 33.9 Å². The Morgan fingerprint density at radius 1 is 1.50 bits per heavy atom. The molecule has 0 atom stereocenters. The Kier molecular flexibility index (Phi) is 3.88. The molecular formula is C7H7ClNO6P. The Balaban J connectivity index is 3.12. The summed E-state index contributed by atoms with van der Waals surface area (Å²) in [5.74, 6) is -0.328. The van der Waals surface area contributed by atoms with Crippen molar-refractivity contribution in [3.8, 4) is 5.75 Å². The second kappa shape index (κ2) is 4.80. The van der Waals surface area contributed by atoms with Crippen LogP contribution in [0.15, 0.2) is 18.2 Å². The van der Waals surface area contributed by atoms with Crippen LogP contribution < -0.4 is 4.52 Å². The standard InChI is InChI=1S/C7H7ClNO6P/c8-4-5-3-6(9(10)11)1-2-7(5)15-16(12,13)14/h1-3H,4H2,(H2,12,13,14). The van der Waals surface area contributed by atoms with E-state index in [1.54, 1.807) is 0 Å². The molecule has 0 unspecified atom stereocenters. The SMILES string of the molecule is O=[N+]([O-])c1ccc(OP(=O)(O)O)c(CCl)c1. The van der Waals surface area contributed by atoms with Crippen LogP contribution in [0.25, 0.3) is 0 Å². The second-order valence-electron chi connectivity index (χ2n) is 2.76. The molecule has 0 amide bonds. The third kappa shape index (κ3) is 3.46. The quantitative estimate of drug-likeness (QED) is 0.372. The Labute approximate surface area is 95.0 Å². The summed E-state index contributed by atoms with van der Waals surface area (Å²) in [4.78, 5) is 27.0. The van der Waals surface area contributed by atoms with E-state index >= 15 is 0 Å². The predicted molar refractivity (Wildman–Crippen MR) is 55.3 cm³/mol. The number of nitrogens with zero attached hydrogens (tertiary/aromatic N) is 1. The first-order chi connectivity index (χ1) is 7.33. The molecule has 7 nitrogen and oxygen atoms in total. The van der Waals surface area contributed by atoms with Gasteiger partial charge in [-0.25, -0.2) is 4.57 Å². The number of halogens is 1. The summed E-state index contributed by atoms with van der Waals surface area (Å²) in [6, 6.07) is 3.26. The molecule has 16 heavy (non-hydrogen) atoms. The molecule has 0 aromatic heterocycles. The van der Waals surface area contributed by atoms with Crippen LogP contribution in [0.3, 0.4) is 0 Å². The molecule has 88 valence electrons. The highest BCUT2D eigenvalue weighted by atomic mass is 35.5. The molecule has 0 radical (unpaired) electrons. The number of benzene rings is 1. The van der Waals surface area contributed by atoms with Gasteiger partial charge >= 0.3 is 7.82 Å². The zero-order chi connectivity index (χ0) is 12.3. The van der Waals surface area contributed by atoms with Crippen LogP contribution in [0, 0.1) is 10.1 Å². The minimum atomic E-state index is -4.70. The fraction of sp³-hybridized carbons (Fsp3) is 0.143. The zero-order valence-electron chi connectivity index (χ0n) is 7.74. The Morgan fingerprint density at radius 2 is 2.12 bits per heavy atom. The van der Waals surface area contributed by atoms with Gasteiger partial charge in [0.2, 0.25) is 0 Å². The Hall–Kier alpha value is -1.14. The van der Waals surface area contributed by atoms with Crippen molar-refractivity contribution in [1.82, 2.24) is 0 Å². The van der Waals surface area contributed by atoms with E-state index in [4.69, 9.17) is 21.4 Å². The third-order valence-corrected chi connectivity index (χ3v) is 2.34. The fourth-order valence-corrected chi connectivity index (χ4v) is 1.64. The highest BCUT2D eigenvalue weighted by Gasteiger charge is 2.19. The molecule has 1 aromatic rings. The summed E-state index contributed by atoms with van der Waals surface area (Å²) in [5.41, 5.74) is -0.0899. The number of nitro benzene ring substituents is 1. The molecule has 0 heterocycles. The number of phosphoric acid groups is 1.